The molecule has 0 aliphatic carbocycles. The summed E-state index contributed by atoms with van der Waals surface area (Å²) in [6.45, 7) is 0. The number of benzene rings is 3. The molecule has 3 heteroatoms. The quantitative estimate of drug-likeness (QED) is 0.601. The van der Waals surface area contributed by atoms with Crippen molar-refractivity contribution in [2.45, 2.75) is 6.42 Å². The second kappa shape index (κ2) is 7.41. The summed E-state index contributed by atoms with van der Waals surface area (Å²) >= 11 is 6.50. The molecule has 0 radical (unpaired) electrons. The van der Waals surface area contributed by atoms with Crippen molar-refractivity contribution in [2.75, 3.05) is 14.2 Å². The van der Waals surface area contributed by atoms with Gasteiger partial charge < -0.3 is 9.47 Å². The first-order valence-electron chi connectivity index (χ1n) is 7.76. The maximum atomic E-state index is 6.50. The van der Waals surface area contributed by atoms with Crippen LogP contribution in [-0.4, -0.2) is 14.2 Å². The van der Waals surface area contributed by atoms with Crippen LogP contribution in [0.3, 0.4) is 0 Å². The van der Waals surface area contributed by atoms with Crippen LogP contribution in [0, 0.1) is 0 Å². The Hall–Kier alpha value is -2.45. The number of hydrogen-bond donors (Lipinski definition) is 0. The highest BCUT2D eigenvalue weighted by Crippen LogP contribution is 2.33. The lowest BCUT2D eigenvalue weighted by molar-refractivity contribution is 0.414. The normalized spacial score (nSPS) is 10.5. The van der Waals surface area contributed by atoms with Gasteiger partial charge in [0, 0.05) is 10.6 Å². The lowest BCUT2D eigenvalue weighted by Crippen LogP contribution is -1.94. The zero-order valence-electron chi connectivity index (χ0n) is 13.8. The minimum atomic E-state index is 0.756. The van der Waals surface area contributed by atoms with Gasteiger partial charge in [-0.1, -0.05) is 48.0 Å². The molecule has 0 aromatic heterocycles. The zero-order chi connectivity index (χ0) is 16.9. The fourth-order valence-electron chi connectivity index (χ4n) is 2.76. The second-order valence-corrected chi connectivity index (χ2v) is 5.93. The van der Waals surface area contributed by atoms with Crippen molar-refractivity contribution >= 4 is 11.6 Å². The van der Waals surface area contributed by atoms with Gasteiger partial charge >= 0.3 is 0 Å². The molecule has 3 rings (SSSR count). The van der Waals surface area contributed by atoms with Gasteiger partial charge in [0.25, 0.3) is 0 Å². The summed E-state index contributed by atoms with van der Waals surface area (Å²) in [6, 6.07) is 22.2. The number of methoxy groups -OCH3 is 2. The Kier molecular flexibility index (Phi) is 5.07. The summed E-state index contributed by atoms with van der Waals surface area (Å²) in [5.41, 5.74) is 4.56. The molecule has 0 atom stereocenters. The van der Waals surface area contributed by atoms with Crippen LogP contribution >= 0.6 is 11.6 Å². The molecule has 2 nitrogen and oxygen atoms in total. The molecule has 0 aliphatic heterocycles. The van der Waals surface area contributed by atoms with E-state index in [1.165, 1.54) is 11.1 Å². The summed E-state index contributed by atoms with van der Waals surface area (Å²) in [5.74, 6) is 1.70. The second-order valence-electron chi connectivity index (χ2n) is 5.53. The molecule has 0 fully saturated rings. The largest absolute Gasteiger partial charge is 0.497 e. The van der Waals surface area contributed by atoms with Crippen molar-refractivity contribution in [3.8, 4) is 22.6 Å². The third kappa shape index (κ3) is 3.55. The van der Waals surface area contributed by atoms with Gasteiger partial charge in [-0.3, -0.25) is 0 Å². The molecule has 3 aromatic rings. The van der Waals surface area contributed by atoms with Crippen molar-refractivity contribution in [3.05, 3.63) is 82.9 Å². The third-order valence-electron chi connectivity index (χ3n) is 4.03. The van der Waals surface area contributed by atoms with Crippen LogP contribution in [-0.2, 0) is 6.42 Å². The monoisotopic (exact) mass is 338 g/mol. The van der Waals surface area contributed by atoms with Gasteiger partial charge in [0.1, 0.15) is 11.5 Å². The van der Waals surface area contributed by atoms with Gasteiger partial charge in [-0.05, 0) is 53.4 Å². The molecule has 0 bridgehead atoms. The highest BCUT2D eigenvalue weighted by molar-refractivity contribution is 6.33. The average molecular weight is 339 g/mol. The molecule has 0 unspecified atom stereocenters. The Bertz CT molecular complexity index is 808. The molecule has 0 saturated heterocycles. The molecule has 0 heterocycles. The summed E-state index contributed by atoms with van der Waals surface area (Å²) in [4.78, 5) is 0. The summed E-state index contributed by atoms with van der Waals surface area (Å²) < 4.78 is 10.5. The first kappa shape index (κ1) is 16.4. The van der Waals surface area contributed by atoms with Crippen LogP contribution in [0.2, 0.25) is 5.02 Å². The van der Waals surface area contributed by atoms with Gasteiger partial charge in [0.05, 0.1) is 14.2 Å². The van der Waals surface area contributed by atoms with E-state index in [-0.39, 0.29) is 0 Å². The van der Waals surface area contributed by atoms with Gasteiger partial charge in [0.15, 0.2) is 0 Å². The van der Waals surface area contributed by atoms with Gasteiger partial charge in [-0.2, -0.15) is 0 Å². The molecule has 0 amide bonds. The first-order chi connectivity index (χ1) is 11.7. The maximum absolute atomic E-state index is 6.50. The lowest BCUT2D eigenvalue weighted by atomic mass is 9.95. The Labute approximate surface area is 147 Å². The number of ether oxygens (including phenoxy) is 2. The Balaban J connectivity index is 1.96. The molecule has 0 N–H and O–H groups in total. The fraction of sp³-hybridized carbons (Fsp3) is 0.143. The highest BCUT2D eigenvalue weighted by Gasteiger charge is 2.10. The van der Waals surface area contributed by atoms with Crippen LogP contribution in [0.5, 0.6) is 11.5 Å². The van der Waals surface area contributed by atoms with Crippen molar-refractivity contribution < 1.29 is 9.47 Å². The van der Waals surface area contributed by atoms with Crippen LogP contribution in [0.15, 0.2) is 66.7 Å². The van der Waals surface area contributed by atoms with E-state index in [9.17, 15) is 0 Å². The number of rotatable bonds is 5. The molecule has 0 spiro atoms. The van der Waals surface area contributed by atoms with Crippen molar-refractivity contribution in [2.24, 2.45) is 0 Å². The number of hydrogen-bond acceptors (Lipinski definition) is 2. The summed E-state index contributed by atoms with van der Waals surface area (Å²) in [6.07, 6.45) is 0.811. The SMILES string of the molecule is COc1ccc(Cc2cccc(Cl)c2-c2ccc(OC)cc2)cc1. The Morgan fingerprint density at radius 2 is 1.33 bits per heavy atom. The minimum absolute atomic E-state index is 0.756. The minimum Gasteiger partial charge on any atom is -0.497 e. The fourth-order valence-corrected chi connectivity index (χ4v) is 3.06. The van der Waals surface area contributed by atoms with Gasteiger partial charge in [0.2, 0.25) is 0 Å². The van der Waals surface area contributed by atoms with Gasteiger partial charge in [-0.25, -0.2) is 0 Å². The molecule has 0 saturated carbocycles. The smallest absolute Gasteiger partial charge is 0.118 e. The third-order valence-corrected chi connectivity index (χ3v) is 4.35. The summed E-state index contributed by atoms with van der Waals surface area (Å²) in [5, 5.41) is 0.756. The van der Waals surface area contributed by atoms with E-state index in [4.69, 9.17) is 21.1 Å². The first-order valence-corrected chi connectivity index (χ1v) is 8.14. The van der Waals surface area contributed by atoms with E-state index in [0.29, 0.717) is 0 Å². The average Bonchev–Trinajstić information content (AvgIpc) is 2.63. The van der Waals surface area contributed by atoms with Crippen LogP contribution < -0.4 is 9.47 Å². The van der Waals surface area contributed by atoms with E-state index in [0.717, 1.165) is 34.1 Å². The number of halogens is 1. The van der Waals surface area contributed by atoms with Crippen LogP contribution in [0.1, 0.15) is 11.1 Å². The molecular weight excluding hydrogens is 320 g/mol. The van der Waals surface area contributed by atoms with Crippen LogP contribution in [0.25, 0.3) is 11.1 Å². The van der Waals surface area contributed by atoms with E-state index in [1.807, 2.05) is 48.5 Å². The van der Waals surface area contributed by atoms with E-state index >= 15 is 0 Å². The molecule has 3 aromatic carbocycles. The summed E-state index contributed by atoms with van der Waals surface area (Å²) in [7, 11) is 3.34. The van der Waals surface area contributed by atoms with Crippen molar-refractivity contribution in [3.63, 3.8) is 0 Å². The molecule has 24 heavy (non-hydrogen) atoms. The Morgan fingerprint density at radius 1 is 0.750 bits per heavy atom. The predicted octanol–water partition coefficient (Wildman–Crippen LogP) is 5.62. The van der Waals surface area contributed by atoms with E-state index < -0.39 is 0 Å². The van der Waals surface area contributed by atoms with Gasteiger partial charge in [-0.15, -0.1) is 0 Å². The van der Waals surface area contributed by atoms with E-state index in [2.05, 4.69) is 18.2 Å². The molecular formula is C21H19ClO2. The van der Waals surface area contributed by atoms with E-state index in [1.54, 1.807) is 14.2 Å². The molecule has 0 aliphatic rings. The van der Waals surface area contributed by atoms with Crippen molar-refractivity contribution in [1.82, 2.24) is 0 Å². The predicted molar refractivity (Wildman–Crippen MR) is 99.2 cm³/mol. The Morgan fingerprint density at radius 3 is 1.92 bits per heavy atom. The lowest BCUT2D eigenvalue weighted by Gasteiger charge is -2.13. The van der Waals surface area contributed by atoms with Crippen molar-refractivity contribution in [1.29, 1.82) is 0 Å². The molecule has 122 valence electrons. The highest BCUT2D eigenvalue weighted by atomic mass is 35.5. The topological polar surface area (TPSA) is 18.5 Å². The standard InChI is InChI=1S/C21H19ClO2/c1-23-18-10-6-15(7-11-18)14-17-4-3-5-20(22)21(17)16-8-12-19(24-2)13-9-16/h3-13H,14H2,1-2H3. The zero-order valence-corrected chi connectivity index (χ0v) is 14.5. The maximum Gasteiger partial charge on any atom is 0.118 e. The van der Waals surface area contributed by atoms with Crippen LogP contribution in [0.4, 0.5) is 0 Å².